The predicted octanol–water partition coefficient (Wildman–Crippen LogP) is 3.27. The zero-order valence-electron chi connectivity index (χ0n) is 13.4. The summed E-state index contributed by atoms with van der Waals surface area (Å²) in [6.45, 7) is 1.86. The minimum absolute atomic E-state index is 0.242. The first-order valence-corrected chi connectivity index (χ1v) is 8.12. The molecule has 0 bridgehead atoms. The number of nitrogens with zero attached hydrogens (tertiary/aromatic N) is 2. The van der Waals surface area contributed by atoms with Crippen LogP contribution in [-0.4, -0.2) is 24.3 Å². The lowest BCUT2D eigenvalue weighted by Crippen LogP contribution is -2.36. The third kappa shape index (κ3) is 3.66. The number of aliphatic hydroxyl groups is 1. The highest BCUT2D eigenvalue weighted by molar-refractivity contribution is 5.65. The molecule has 2 aromatic rings. The third-order valence-corrected chi connectivity index (χ3v) is 4.36. The molecule has 124 valence electrons. The van der Waals surface area contributed by atoms with Gasteiger partial charge in [-0.1, -0.05) is 18.2 Å². The normalized spacial score (nSPS) is 15.1. The van der Waals surface area contributed by atoms with Crippen molar-refractivity contribution < 1.29 is 9.50 Å². The van der Waals surface area contributed by atoms with E-state index in [9.17, 15) is 14.8 Å². The second-order valence-electron chi connectivity index (χ2n) is 6.01. The first-order chi connectivity index (χ1) is 11.7. The molecule has 24 heavy (non-hydrogen) atoms. The Balaban J connectivity index is 1.72. The van der Waals surface area contributed by atoms with Crippen molar-refractivity contribution in [2.75, 3.05) is 23.3 Å². The van der Waals surface area contributed by atoms with Gasteiger partial charge in [-0.05, 0) is 37.1 Å². The quantitative estimate of drug-likeness (QED) is 0.906. The highest BCUT2D eigenvalue weighted by Gasteiger charge is 2.19. The maximum absolute atomic E-state index is 13.7. The Kier molecular flexibility index (Phi) is 4.97. The fourth-order valence-corrected chi connectivity index (χ4v) is 2.96. The van der Waals surface area contributed by atoms with E-state index in [2.05, 4.69) is 16.3 Å². The third-order valence-electron chi connectivity index (χ3n) is 4.36. The summed E-state index contributed by atoms with van der Waals surface area (Å²) >= 11 is 0. The molecule has 4 nitrogen and oxygen atoms in total. The van der Waals surface area contributed by atoms with E-state index in [1.54, 1.807) is 24.3 Å². The molecular weight excluding hydrogens is 305 g/mol. The summed E-state index contributed by atoms with van der Waals surface area (Å²) in [5, 5.41) is 22.2. The van der Waals surface area contributed by atoms with Gasteiger partial charge in [0.15, 0.2) is 0 Å². The Morgan fingerprint density at radius 3 is 2.67 bits per heavy atom. The van der Waals surface area contributed by atoms with Crippen LogP contribution < -0.4 is 10.2 Å². The van der Waals surface area contributed by atoms with E-state index in [-0.39, 0.29) is 11.9 Å². The molecule has 2 N–H and O–H groups in total. The van der Waals surface area contributed by atoms with Gasteiger partial charge < -0.3 is 15.3 Å². The van der Waals surface area contributed by atoms with Gasteiger partial charge in [0.25, 0.3) is 0 Å². The van der Waals surface area contributed by atoms with E-state index in [1.807, 2.05) is 12.1 Å². The van der Waals surface area contributed by atoms with Crippen molar-refractivity contribution in [1.29, 1.82) is 5.26 Å². The minimum Gasteiger partial charge on any atom is -0.393 e. The van der Waals surface area contributed by atoms with E-state index in [1.165, 1.54) is 6.07 Å². The van der Waals surface area contributed by atoms with Crippen molar-refractivity contribution in [1.82, 2.24) is 0 Å². The average Bonchev–Trinajstić information content (AvgIpc) is 2.61. The second-order valence-corrected chi connectivity index (χ2v) is 6.01. The number of hydrogen-bond acceptors (Lipinski definition) is 4. The van der Waals surface area contributed by atoms with Crippen molar-refractivity contribution >= 4 is 11.4 Å². The standard InChI is InChI=1S/C19H20FN3O/c20-18-4-2-1-3-14(18)13-22-16-5-6-19(15(11-16)12-21)23-9-7-17(24)8-10-23/h1-6,11,17,22,24H,7-10,13H2. The molecule has 0 amide bonds. The summed E-state index contributed by atoms with van der Waals surface area (Å²) in [5.74, 6) is -0.242. The summed E-state index contributed by atoms with van der Waals surface area (Å²) in [5.41, 5.74) is 2.85. The molecule has 5 heteroatoms. The van der Waals surface area contributed by atoms with E-state index < -0.39 is 0 Å². The molecule has 0 atom stereocenters. The number of piperidine rings is 1. The molecule has 1 saturated heterocycles. The number of anilines is 2. The molecule has 1 aliphatic rings. The summed E-state index contributed by atoms with van der Waals surface area (Å²) in [6, 6.07) is 14.5. The maximum atomic E-state index is 13.7. The highest BCUT2D eigenvalue weighted by Crippen LogP contribution is 2.27. The number of nitrogens with one attached hydrogen (secondary N) is 1. The lowest BCUT2D eigenvalue weighted by Gasteiger charge is -2.32. The monoisotopic (exact) mass is 325 g/mol. The maximum Gasteiger partial charge on any atom is 0.128 e. The van der Waals surface area contributed by atoms with Crippen LogP contribution in [0, 0.1) is 17.1 Å². The van der Waals surface area contributed by atoms with Crippen molar-refractivity contribution in [3.05, 3.63) is 59.4 Å². The van der Waals surface area contributed by atoms with E-state index in [0.717, 1.165) is 37.3 Å². The van der Waals surface area contributed by atoms with Gasteiger partial charge in [0.1, 0.15) is 11.9 Å². The first kappa shape index (κ1) is 16.3. The molecule has 0 unspecified atom stereocenters. The van der Waals surface area contributed by atoms with Crippen molar-refractivity contribution in [2.45, 2.75) is 25.5 Å². The Hall–Kier alpha value is -2.58. The van der Waals surface area contributed by atoms with Crippen LogP contribution in [0.15, 0.2) is 42.5 Å². The van der Waals surface area contributed by atoms with Crippen molar-refractivity contribution in [3.8, 4) is 6.07 Å². The van der Waals surface area contributed by atoms with Gasteiger partial charge in [-0.2, -0.15) is 5.26 Å². The molecule has 0 aliphatic carbocycles. The number of rotatable bonds is 4. The fourth-order valence-electron chi connectivity index (χ4n) is 2.96. The molecular formula is C19H20FN3O. The second kappa shape index (κ2) is 7.33. The first-order valence-electron chi connectivity index (χ1n) is 8.12. The van der Waals surface area contributed by atoms with Crippen LogP contribution in [-0.2, 0) is 6.54 Å². The summed E-state index contributed by atoms with van der Waals surface area (Å²) in [6.07, 6.45) is 1.20. The number of aliphatic hydroxyl groups excluding tert-OH is 1. The van der Waals surface area contributed by atoms with Crippen LogP contribution >= 0.6 is 0 Å². The van der Waals surface area contributed by atoms with Gasteiger partial charge in [-0.15, -0.1) is 0 Å². The summed E-state index contributed by atoms with van der Waals surface area (Å²) in [7, 11) is 0. The smallest absolute Gasteiger partial charge is 0.128 e. The Bertz CT molecular complexity index is 749. The highest BCUT2D eigenvalue weighted by atomic mass is 19.1. The molecule has 3 rings (SSSR count). The van der Waals surface area contributed by atoms with Crippen LogP contribution in [0.1, 0.15) is 24.0 Å². The molecule has 0 radical (unpaired) electrons. The zero-order valence-corrected chi connectivity index (χ0v) is 13.4. The average molecular weight is 325 g/mol. The molecule has 0 spiro atoms. The topological polar surface area (TPSA) is 59.3 Å². The van der Waals surface area contributed by atoms with Crippen LogP contribution in [0.2, 0.25) is 0 Å². The van der Waals surface area contributed by atoms with Gasteiger partial charge in [0.05, 0.1) is 17.4 Å². The molecule has 1 aliphatic heterocycles. The van der Waals surface area contributed by atoms with Crippen LogP contribution in [0.4, 0.5) is 15.8 Å². The van der Waals surface area contributed by atoms with Crippen LogP contribution in [0.25, 0.3) is 0 Å². The molecule has 1 heterocycles. The van der Waals surface area contributed by atoms with Gasteiger partial charge in [0, 0.05) is 30.9 Å². The predicted molar refractivity (Wildman–Crippen MR) is 92.3 cm³/mol. The van der Waals surface area contributed by atoms with E-state index >= 15 is 0 Å². The molecule has 0 saturated carbocycles. The van der Waals surface area contributed by atoms with Crippen molar-refractivity contribution in [3.63, 3.8) is 0 Å². The van der Waals surface area contributed by atoms with E-state index in [0.29, 0.717) is 17.7 Å². The Morgan fingerprint density at radius 2 is 1.96 bits per heavy atom. The van der Waals surface area contributed by atoms with Gasteiger partial charge in [-0.25, -0.2) is 4.39 Å². The lowest BCUT2D eigenvalue weighted by atomic mass is 10.0. The SMILES string of the molecule is N#Cc1cc(NCc2ccccc2F)ccc1N1CCC(O)CC1. The zero-order chi connectivity index (χ0) is 16.9. The molecule has 2 aromatic carbocycles. The molecule has 1 fully saturated rings. The van der Waals surface area contributed by atoms with Crippen LogP contribution in [0.3, 0.4) is 0 Å². The minimum atomic E-state index is -0.242. The Labute approximate surface area is 141 Å². The summed E-state index contributed by atoms with van der Waals surface area (Å²) < 4.78 is 13.7. The van der Waals surface area contributed by atoms with Gasteiger partial charge in [0.2, 0.25) is 0 Å². The molecule has 0 aromatic heterocycles. The number of nitriles is 1. The lowest BCUT2D eigenvalue weighted by molar-refractivity contribution is 0.145. The Morgan fingerprint density at radius 1 is 1.21 bits per heavy atom. The number of halogens is 1. The fraction of sp³-hybridized carbons (Fsp3) is 0.316. The van der Waals surface area contributed by atoms with Crippen LogP contribution in [0.5, 0.6) is 0 Å². The largest absolute Gasteiger partial charge is 0.393 e. The number of hydrogen-bond donors (Lipinski definition) is 2. The van der Waals surface area contributed by atoms with E-state index in [4.69, 9.17) is 0 Å². The van der Waals surface area contributed by atoms with Gasteiger partial charge >= 0.3 is 0 Å². The van der Waals surface area contributed by atoms with Gasteiger partial charge in [-0.3, -0.25) is 0 Å². The number of benzene rings is 2. The van der Waals surface area contributed by atoms with Crippen molar-refractivity contribution in [2.24, 2.45) is 0 Å². The summed E-state index contributed by atoms with van der Waals surface area (Å²) in [4.78, 5) is 2.13.